The molecule has 0 aliphatic rings. The van der Waals surface area contributed by atoms with Crippen LogP contribution in [0.5, 0.6) is 0 Å². The second-order valence-corrected chi connectivity index (χ2v) is 8.72. The number of nitrogens with zero attached hydrogens (tertiary/aromatic N) is 2. The molecule has 0 spiro atoms. The predicted octanol–water partition coefficient (Wildman–Crippen LogP) is 4.71. The number of rotatable bonds is 4. The van der Waals surface area contributed by atoms with Crippen molar-refractivity contribution in [2.24, 2.45) is 5.41 Å². The van der Waals surface area contributed by atoms with Gasteiger partial charge in [-0.3, -0.25) is 4.79 Å². The van der Waals surface area contributed by atoms with Gasteiger partial charge in [-0.05, 0) is 56.0 Å². The number of amides is 1. The molecule has 0 aliphatic carbocycles. The zero-order valence-corrected chi connectivity index (χ0v) is 16.4. The molecule has 5 nitrogen and oxygen atoms in total. The molecular formula is C21H25FN4O. The molecule has 0 fully saturated rings. The Labute approximate surface area is 158 Å². The standard InChI is InChI=1S/C21H25FN4O/c1-20(2,3)12-21(4,5)26-19(27)15-10-11-23-18-16(15)24-17(25-18)13-6-8-14(22)9-7-13/h6-11H,12H2,1-5H3,(H,26,27)(H,23,24,25). The van der Waals surface area contributed by atoms with E-state index < -0.39 is 0 Å². The summed E-state index contributed by atoms with van der Waals surface area (Å²) in [5, 5.41) is 3.11. The smallest absolute Gasteiger partial charge is 0.254 e. The number of hydrogen-bond acceptors (Lipinski definition) is 3. The number of nitrogens with one attached hydrogen (secondary N) is 2. The van der Waals surface area contributed by atoms with Crippen LogP contribution in [0.2, 0.25) is 0 Å². The van der Waals surface area contributed by atoms with Gasteiger partial charge in [0.1, 0.15) is 17.2 Å². The number of H-pyrrole nitrogens is 1. The lowest BCUT2D eigenvalue weighted by atomic mass is 9.81. The molecule has 0 bridgehead atoms. The predicted molar refractivity (Wildman–Crippen MR) is 105 cm³/mol. The van der Waals surface area contributed by atoms with Gasteiger partial charge in [0.2, 0.25) is 0 Å². The number of fused-ring (bicyclic) bond motifs is 1. The maximum atomic E-state index is 13.2. The van der Waals surface area contributed by atoms with Crippen LogP contribution in [0.15, 0.2) is 36.5 Å². The zero-order valence-electron chi connectivity index (χ0n) is 16.4. The second kappa shape index (κ2) is 6.76. The van der Waals surface area contributed by atoms with Crippen LogP contribution in [0.4, 0.5) is 4.39 Å². The van der Waals surface area contributed by atoms with E-state index >= 15 is 0 Å². The van der Waals surface area contributed by atoms with Gasteiger partial charge in [0, 0.05) is 17.3 Å². The van der Waals surface area contributed by atoms with Crippen LogP contribution >= 0.6 is 0 Å². The highest BCUT2D eigenvalue weighted by Gasteiger charge is 2.28. The third-order valence-corrected chi connectivity index (χ3v) is 4.17. The van der Waals surface area contributed by atoms with E-state index in [9.17, 15) is 9.18 Å². The second-order valence-electron chi connectivity index (χ2n) is 8.72. The van der Waals surface area contributed by atoms with Gasteiger partial charge in [0.05, 0.1) is 5.56 Å². The fraction of sp³-hybridized carbons (Fsp3) is 0.381. The van der Waals surface area contributed by atoms with E-state index in [4.69, 9.17) is 0 Å². The lowest BCUT2D eigenvalue weighted by Crippen LogP contribution is -2.45. The molecule has 2 N–H and O–H groups in total. The number of aromatic nitrogens is 3. The van der Waals surface area contributed by atoms with E-state index in [-0.39, 0.29) is 22.7 Å². The Bertz CT molecular complexity index is 968. The third kappa shape index (κ3) is 4.51. The Morgan fingerprint density at radius 3 is 2.41 bits per heavy atom. The monoisotopic (exact) mass is 368 g/mol. The minimum atomic E-state index is -0.360. The van der Waals surface area contributed by atoms with Gasteiger partial charge in [-0.1, -0.05) is 20.8 Å². The minimum Gasteiger partial charge on any atom is -0.347 e. The normalized spacial score (nSPS) is 12.4. The average molecular weight is 368 g/mol. The summed E-state index contributed by atoms with van der Waals surface area (Å²) in [6, 6.07) is 7.69. The molecule has 27 heavy (non-hydrogen) atoms. The van der Waals surface area contributed by atoms with Gasteiger partial charge in [-0.25, -0.2) is 14.4 Å². The van der Waals surface area contributed by atoms with Crippen molar-refractivity contribution in [2.75, 3.05) is 0 Å². The molecule has 0 unspecified atom stereocenters. The zero-order chi connectivity index (χ0) is 19.8. The van der Waals surface area contributed by atoms with E-state index in [1.165, 1.54) is 12.1 Å². The van der Waals surface area contributed by atoms with Crippen LogP contribution in [-0.2, 0) is 0 Å². The van der Waals surface area contributed by atoms with Gasteiger partial charge in [0.25, 0.3) is 5.91 Å². The van der Waals surface area contributed by atoms with Crippen molar-refractivity contribution >= 4 is 17.1 Å². The van der Waals surface area contributed by atoms with Crippen LogP contribution in [0.3, 0.4) is 0 Å². The lowest BCUT2D eigenvalue weighted by molar-refractivity contribution is 0.0893. The molecule has 6 heteroatoms. The Morgan fingerprint density at radius 1 is 1.11 bits per heavy atom. The van der Waals surface area contributed by atoms with E-state index in [0.717, 1.165) is 12.0 Å². The van der Waals surface area contributed by atoms with Crippen molar-refractivity contribution in [1.29, 1.82) is 0 Å². The van der Waals surface area contributed by atoms with Crippen LogP contribution in [0.1, 0.15) is 51.4 Å². The quantitative estimate of drug-likeness (QED) is 0.701. The number of benzene rings is 1. The molecule has 1 aromatic carbocycles. The summed E-state index contributed by atoms with van der Waals surface area (Å²) in [5.41, 5.74) is 1.95. The largest absolute Gasteiger partial charge is 0.347 e. The SMILES string of the molecule is CC(C)(C)CC(C)(C)NC(=O)c1ccnc2[nH]c(-c3ccc(F)cc3)nc12. The highest BCUT2D eigenvalue weighted by molar-refractivity contribution is 6.04. The van der Waals surface area contributed by atoms with Gasteiger partial charge in [0.15, 0.2) is 5.65 Å². The van der Waals surface area contributed by atoms with Crippen molar-refractivity contribution in [2.45, 2.75) is 46.6 Å². The Hall–Kier alpha value is -2.76. The maximum Gasteiger partial charge on any atom is 0.254 e. The lowest BCUT2D eigenvalue weighted by Gasteiger charge is -2.33. The summed E-state index contributed by atoms with van der Waals surface area (Å²) in [5.74, 6) is 0.0506. The number of aromatic amines is 1. The van der Waals surface area contributed by atoms with Crippen molar-refractivity contribution in [1.82, 2.24) is 20.3 Å². The molecule has 0 radical (unpaired) electrons. The third-order valence-electron chi connectivity index (χ3n) is 4.17. The highest BCUT2D eigenvalue weighted by Crippen LogP contribution is 2.28. The number of halogens is 1. The first kappa shape index (κ1) is 19.0. The molecule has 0 saturated carbocycles. The first-order valence-corrected chi connectivity index (χ1v) is 8.97. The number of pyridine rings is 1. The van der Waals surface area contributed by atoms with Crippen molar-refractivity contribution < 1.29 is 9.18 Å². The summed E-state index contributed by atoms with van der Waals surface area (Å²) in [6.07, 6.45) is 2.42. The summed E-state index contributed by atoms with van der Waals surface area (Å²) in [4.78, 5) is 24.8. The minimum absolute atomic E-state index is 0.0897. The first-order valence-electron chi connectivity index (χ1n) is 8.97. The Morgan fingerprint density at radius 2 is 1.78 bits per heavy atom. The van der Waals surface area contributed by atoms with Crippen LogP contribution in [-0.4, -0.2) is 26.4 Å². The van der Waals surface area contributed by atoms with Crippen molar-refractivity contribution in [3.05, 3.63) is 47.9 Å². The summed E-state index contributed by atoms with van der Waals surface area (Å²) in [6.45, 7) is 10.5. The molecular weight excluding hydrogens is 343 g/mol. The van der Waals surface area contributed by atoms with Gasteiger partial charge >= 0.3 is 0 Å². The molecule has 1 amide bonds. The molecule has 2 heterocycles. The number of hydrogen-bond donors (Lipinski definition) is 2. The van der Waals surface area contributed by atoms with Gasteiger partial charge < -0.3 is 10.3 Å². The molecule has 3 rings (SSSR count). The molecule has 2 aromatic heterocycles. The molecule has 0 saturated heterocycles. The Kier molecular flexibility index (Phi) is 4.76. The molecule has 142 valence electrons. The fourth-order valence-electron chi connectivity index (χ4n) is 3.58. The van der Waals surface area contributed by atoms with Gasteiger partial charge in [-0.2, -0.15) is 0 Å². The number of imidazole rings is 1. The van der Waals surface area contributed by atoms with Crippen LogP contribution in [0.25, 0.3) is 22.6 Å². The van der Waals surface area contributed by atoms with Crippen molar-refractivity contribution in [3.8, 4) is 11.4 Å². The summed E-state index contributed by atoms with van der Waals surface area (Å²) >= 11 is 0. The van der Waals surface area contributed by atoms with Crippen molar-refractivity contribution in [3.63, 3.8) is 0 Å². The number of carbonyl (C=O) groups excluding carboxylic acids is 1. The molecule has 3 aromatic rings. The summed E-state index contributed by atoms with van der Waals surface area (Å²) < 4.78 is 13.2. The average Bonchev–Trinajstić information content (AvgIpc) is 2.96. The maximum absolute atomic E-state index is 13.2. The fourth-order valence-corrected chi connectivity index (χ4v) is 3.58. The highest BCUT2D eigenvalue weighted by atomic mass is 19.1. The molecule has 0 atom stereocenters. The van der Waals surface area contributed by atoms with E-state index in [2.05, 4.69) is 41.0 Å². The van der Waals surface area contributed by atoms with E-state index in [0.29, 0.717) is 22.6 Å². The van der Waals surface area contributed by atoms with E-state index in [1.54, 1.807) is 24.4 Å². The molecule has 0 aliphatic heterocycles. The topological polar surface area (TPSA) is 70.7 Å². The van der Waals surface area contributed by atoms with E-state index in [1.807, 2.05) is 13.8 Å². The van der Waals surface area contributed by atoms with Crippen LogP contribution in [0, 0.1) is 11.2 Å². The Balaban J connectivity index is 1.93. The summed E-state index contributed by atoms with van der Waals surface area (Å²) in [7, 11) is 0. The first-order chi connectivity index (χ1) is 12.5. The number of carbonyl (C=O) groups is 1. The van der Waals surface area contributed by atoms with Crippen LogP contribution < -0.4 is 5.32 Å². The van der Waals surface area contributed by atoms with Gasteiger partial charge in [-0.15, -0.1) is 0 Å².